The fraction of sp³-hybridized carbons (Fsp3) is 0.417. The monoisotopic (exact) mass is 288 g/mol. The van der Waals surface area contributed by atoms with Gasteiger partial charge in [0.25, 0.3) is 0 Å². The lowest BCUT2D eigenvalue weighted by atomic mass is 10.1. The Hall–Kier alpha value is -2.12. The number of alkyl halides is 3. The van der Waals surface area contributed by atoms with Crippen molar-refractivity contribution < 1.29 is 27.9 Å². The van der Waals surface area contributed by atoms with Crippen molar-refractivity contribution >= 4 is 11.9 Å². The Balaban J connectivity index is 2.04. The topological polar surface area (TPSA) is 70.5 Å². The number of rotatable bonds is 3. The summed E-state index contributed by atoms with van der Waals surface area (Å²) in [5.41, 5.74) is -0.574. The molecule has 1 aliphatic heterocycles. The number of hydrogen-bond donors (Lipinski definition) is 1. The van der Waals surface area contributed by atoms with Crippen molar-refractivity contribution in [2.24, 2.45) is 5.92 Å². The van der Waals surface area contributed by atoms with E-state index in [2.05, 4.69) is 4.98 Å². The molecule has 8 heteroatoms. The standard InChI is InChI=1S/C12H11F3N2O3/c13-12(14,15)9-2-1-7(4-16-9)5-17-6-8(11(19)20)3-10(17)18/h1-2,4,8H,3,5-6H2,(H,19,20)/t8-/m0/s1. The fourth-order valence-electron chi connectivity index (χ4n) is 2.00. The van der Waals surface area contributed by atoms with Gasteiger partial charge in [-0.05, 0) is 11.6 Å². The summed E-state index contributed by atoms with van der Waals surface area (Å²) in [5.74, 6) is -2.13. The van der Waals surface area contributed by atoms with E-state index in [0.29, 0.717) is 5.56 Å². The molecule has 2 heterocycles. The average molecular weight is 288 g/mol. The van der Waals surface area contributed by atoms with Gasteiger partial charge in [-0.15, -0.1) is 0 Å². The van der Waals surface area contributed by atoms with Crippen LogP contribution in [0.15, 0.2) is 18.3 Å². The molecule has 5 nitrogen and oxygen atoms in total. The molecule has 108 valence electrons. The van der Waals surface area contributed by atoms with Gasteiger partial charge in [-0.25, -0.2) is 0 Å². The summed E-state index contributed by atoms with van der Waals surface area (Å²) in [5, 5.41) is 8.82. The molecule has 2 rings (SSSR count). The Morgan fingerprint density at radius 3 is 2.60 bits per heavy atom. The minimum Gasteiger partial charge on any atom is -0.481 e. The van der Waals surface area contributed by atoms with Crippen molar-refractivity contribution in [2.45, 2.75) is 19.1 Å². The summed E-state index contributed by atoms with van der Waals surface area (Å²) < 4.78 is 37.0. The van der Waals surface area contributed by atoms with Gasteiger partial charge < -0.3 is 10.0 Å². The largest absolute Gasteiger partial charge is 0.481 e. The number of nitrogens with zero attached hydrogens (tertiary/aromatic N) is 2. The third-order valence-corrected chi connectivity index (χ3v) is 3.05. The predicted octanol–water partition coefficient (Wildman–Crippen LogP) is 1.53. The maximum absolute atomic E-state index is 12.3. The zero-order valence-corrected chi connectivity index (χ0v) is 10.2. The molecule has 0 saturated carbocycles. The van der Waals surface area contributed by atoms with Crippen LogP contribution in [0, 0.1) is 5.92 Å². The number of aliphatic carboxylic acids is 1. The average Bonchev–Trinajstić information content (AvgIpc) is 2.71. The first kappa shape index (κ1) is 14.3. The lowest BCUT2D eigenvalue weighted by molar-refractivity contribution is -0.142. The minimum absolute atomic E-state index is 0.0632. The summed E-state index contributed by atoms with van der Waals surface area (Å²) in [6, 6.07) is 2.07. The smallest absolute Gasteiger partial charge is 0.433 e. The van der Waals surface area contributed by atoms with E-state index in [1.807, 2.05) is 0 Å². The lowest BCUT2D eigenvalue weighted by Crippen LogP contribution is -2.25. The maximum atomic E-state index is 12.3. The number of carboxylic acid groups (broad SMARTS) is 1. The number of halogens is 3. The van der Waals surface area contributed by atoms with E-state index < -0.39 is 23.8 Å². The molecule has 0 aromatic carbocycles. The number of carbonyl (C=O) groups excluding carboxylic acids is 1. The second kappa shape index (κ2) is 5.10. The van der Waals surface area contributed by atoms with Crippen molar-refractivity contribution in [3.63, 3.8) is 0 Å². The molecule has 1 atom stereocenters. The van der Waals surface area contributed by atoms with Crippen LogP contribution in [-0.2, 0) is 22.3 Å². The molecule has 0 aliphatic carbocycles. The van der Waals surface area contributed by atoms with Gasteiger partial charge in [-0.1, -0.05) is 6.07 Å². The molecular formula is C12H11F3N2O3. The van der Waals surface area contributed by atoms with Crippen LogP contribution in [0.4, 0.5) is 13.2 Å². The van der Waals surface area contributed by atoms with Crippen molar-refractivity contribution in [1.29, 1.82) is 0 Å². The van der Waals surface area contributed by atoms with Gasteiger partial charge in [0.1, 0.15) is 5.69 Å². The van der Waals surface area contributed by atoms with E-state index in [1.165, 1.54) is 11.0 Å². The summed E-state index contributed by atoms with van der Waals surface area (Å²) in [6.07, 6.45) is -3.54. The number of pyridine rings is 1. The first-order valence-electron chi connectivity index (χ1n) is 5.80. The maximum Gasteiger partial charge on any atom is 0.433 e. The number of likely N-dealkylation sites (tertiary alicyclic amines) is 1. The second-order valence-electron chi connectivity index (χ2n) is 4.56. The Kier molecular flexibility index (Phi) is 3.65. The van der Waals surface area contributed by atoms with Gasteiger partial charge in [0.05, 0.1) is 5.92 Å². The van der Waals surface area contributed by atoms with Gasteiger partial charge in [-0.3, -0.25) is 14.6 Å². The fourth-order valence-corrected chi connectivity index (χ4v) is 2.00. The van der Waals surface area contributed by atoms with Crippen LogP contribution in [0.1, 0.15) is 17.7 Å². The van der Waals surface area contributed by atoms with Crippen LogP contribution in [0.3, 0.4) is 0 Å². The highest BCUT2D eigenvalue weighted by molar-refractivity contribution is 5.86. The summed E-state index contributed by atoms with van der Waals surface area (Å²) in [4.78, 5) is 27.0. The SMILES string of the molecule is O=C(O)[C@H]1CC(=O)N(Cc2ccc(C(F)(F)F)nc2)C1. The van der Waals surface area contributed by atoms with Gasteiger partial charge in [-0.2, -0.15) is 13.2 Å². The van der Waals surface area contributed by atoms with Crippen molar-refractivity contribution in [1.82, 2.24) is 9.88 Å². The van der Waals surface area contributed by atoms with E-state index in [-0.39, 0.29) is 25.4 Å². The molecule has 0 unspecified atom stereocenters. The van der Waals surface area contributed by atoms with Crippen molar-refractivity contribution in [3.05, 3.63) is 29.6 Å². The number of amides is 1. The lowest BCUT2D eigenvalue weighted by Gasteiger charge is -2.16. The van der Waals surface area contributed by atoms with Crippen LogP contribution in [0.2, 0.25) is 0 Å². The third-order valence-electron chi connectivity index (χ3n) is 3.05. The van der Waals surface area contributed by atoms with Crippen LogP contribution in [0.5, 0.6) is 0 Å². The predicted molar refractivity (Wildman–Crippen MR) is 60.4 cm³/mol. The van der Waals surface area contributed by atoms with E-state index in [4.69, 9.17) is 5.11 Å². The molecule has 1 amide bonds. The van der Waals surface area contributed by atoms with Crippen LogP contribution in [-0.4, -0.2) is 33.4 Å². The van der Waals surface area contributed by atoms with E-state index in [0.717, 1.165) is 12.3 Å². The molecule has 1 saturated heterocycles. The molecule has 0 spiro atoms. The minimum atomic E-state index is -4.50. The van der Waals surface area contributed by atoms with Gasteiger partial charge >= 0.3 is 12.1 Å². The highest BCUT2D eigenvalue weighted by atomic mass is 19.4. The Morgan fingerprint density at radius 1 is 1.45 bits per heavy atom. The van der Waals surface area contributed by atoms with E-state index >= 15 is 0 Å². The zero-order valence-electron chi connectivity index (χ0n) is 10.2. The molecule has 1 aromatic heterocycles. The molecule has 1 aromatic rings. The Bertz CT molecular complexity index is 528. The quantitative estimate of drug-likeness (QED) is 0.915. The molecule has 0 radical (unpaired) electrons. The number of hydrogen-bond acceptors (Lipinski definition) is 3. The second-order valence-corrected chi connectivity index (χ2v) is 4.56. The van der Waals surface area contributed by atoms with Crippen LogP contribution in [0.25, 0.3) is 0 Å². The number of aromatic nitrogens is 1. The molecular weight excluding hydrogens is 277 g/mol. The normalized spacial score (nSPS) is 19.4. The number of carbonyl (C=O) groups is 2. The summed E-state index contributed by atoms with van der Waals surface area (Å²) in [6.45, 7) is 0.128. The zero-order chi connectivity index (χ0) is 14.9. The summed E-state index contributed by atoms with van der Waals surface area (Å²) >= 11 is 0. The van der Waals surface area contributed by atoms with Gasteiger partial charge in [0.2, 0.25) is 5.91 Å². The Morgan fingerprint density at radius 2 is 2.15 bits per heavy atom. The van der Waals surface area contributed by atoms with E-state index in [1.54, 1.807) is 0 Å². The van der Waals surface area contributed by atoms with Crippen LogP contribution >= 0.6 is 0 Å². The Labute approximate surface area is 112 Å². The third kappa shape index (κ3) is 3.06. The van der Waals surface area contributed by atoms with Crippen molar-refractivity contribution in [3.8, 4) is 0 Å². The number of carboxylic acids is 1. The van der Waals surface area contributed by atoms with Gasteiger partial charge in [0, 0.05) is 25.7 Å². The highest BCUT2D eigenvalue weighted by Crippen LogP contribution is 2.27. The molecule has 0 bridgehead atoms. The first-order valence-corrected chi connectivity index (χ1v) is 5.80. The molecule has 1 N–H and O–H groups in total. The molecule has 1 fully saturated rings. The van der Waals surface area contributed by atoms with Gasteiger partial charge in [0.15, 0.2) is 0 Å². The summed E-state index contributed by atoms with van der Waals surface area (Å²) in [7, 11) is 0. The van der Waals surface area contributed by atoms with Crippen LogP contribution < -0.4 is 0 Å². The molecule has 1 aliphatic rings. The first-order chi connectivity index (χ1) is 9.27. The highest BCUT2D eigenvalue weighted by Gasteiger charge is 2.35. The van der Waals surface area contributed by atoms with Crippen molar-refractivity contribution in [2.75, 3.05) is 6.54 Å². The molecule has 20 heavy (non-hydrogen) atoms. The van der Waals surface area contributed by atoms with E-state index in [9.17, 15) is 22.8 Å².